The van der Waals surface area contributed by atoms with Gasteiger partial charge in [0, 0.05) is 25.9 Å². The van der Waals surface area contributed by atoms with Crippen LogP contribution >= 0.6 is 0 Å². The summed E-state index contributed by atoms with van der Waals surface area (Å²) in [5.74, 6) is -0.225. The van der Waals surface area contributed by atoms with Gasteiger partial charge in [-0.3, -0.25) is 14.5 Å². The maximum Gasteiger partial charge on any atom is 0.238 e. The van der Waals surface area contributed by atoms with Gasteiger partial charge in [0.15, 0.2) is 0 Å². The van der Waals surface area contributed by atoms with E-state index in [0.29, 0.717) is 13.2 Å². The van der Waals surface area contributed by atoms with Crippen molar-refractivity contribution in [3.63, 3.8) is 0 Å². The first-order valence-electron chi connectivity index (χ1n) is 7.73. The largest absolute Gasteiger partial charge is 0.385 e. The Kier molecular flexibility index (Phi) is 8.29. The van der Waals surface area contributed by atoms with E-state index in [4.69, 9.17) is 4.74 Å². The highest BCUT2D eigenvalue weighted by Crippen LogP contribution is 2.16. The summed E-state index contributed by atoms with van der Waals surface area (Å²) >= 11 is 0. The lowest BCUT2D eigenvalue weighted by Crippen LogP contribution is -2.39. The molecule has 0 aliphatic rings. The molecule has 23 heavy (non-hydrogen) atoms. The van der Waals surface area contributed by atoms with Gasteiger partial charge in [0.25, 0.3) is 0 Å². The monoisotopic (exact) mass is 321 g/mol. The minimum atomic E-state index is -0.131. The van der Waals surface area contributed by atoms with Crippen LogP contribution in [0.4, 0.5) is 5.69 Å². The number of likely N-dealkylation sites (N-methyl/N-ethyl adjacent to an activating group) is 1. The van der Waals surface area contributed by atoms with Crippen molar-refractivity contribution in [2.45, 2.75) is 20.3 Å². The fraction of sp³-hybridized carbons (Fsp3) is 0.529. The van der Waals surface area contributed by atoms with E-state index in [9.17, 15) is 9.59 Å². The molecule has 0 radical (unpaired) electrons. The third-order valence-corrected chi connectivity index (χ3v) is 3.34. The van der Waals surface area contributed by atoms with E-state index in [1.165, 1.54) is 0 Å². The molecule has 0 saturated carbocycles. The van der Waals surface area contributed by atoms with E-state index in [2.05, 4.69) is 10.6 Å². The van der Waals surface area contributed by atoms with Crippen LogP contribution in [0.2, 0.25) is 0 Å². The number of hydrogen-bond donors (Lipinski definition) is 2. The van der Waals surface area contributed by atoms with Crippen molar-refractivity contribution in [1.29, 1.82) is 0 Å². The minimum Gasteiger partial charge on any atom is -0.385 e. The molecule has 128 valence electrons. The molecule has 0 aliphatic heterocycles. The summed E-state index contributed by atoms with van der Waals surface area (Å²) in [6, 6.07) is 5.92. The molecule has 0 aliphatic carbocycles. The number of nitrogens with zero attached hydrogens (tertiary/aromatic N) is 1. The minimum absolute atomic E-state index is 0.0943. The number of ether oxygens (including phenoxy) is 1. The van der Waals surface area contributed by atoms with Gasteiger partial charge in [-0.25, -0.2) is 0 Å². The number of rotatable bonds is 9. The Labute approximate surface area is 138 Å². The summed E-state index contributed by atoms with van der Waals surface area (Å²) in [5.41, 5.74) is 2.92. The van der Waals surface area contributed by atoms with Gasteiger partial charge in [0.2, 0.25) is 11.8 Å². The van der Waals surface area contributed by atoms with Crippen LogP contribution < -0.4 is 10.6 Å². The van der Waals surface area contributed by atoms with Crippen LogP contribution in [-0.4, -0.2) is 57.1 Å². The van der Waals surface area contributed by atoms with Crippen molar-refractivity contribution in [2.24, 2.45) is 0 Å². The van der Waals surface area contributed by atoms with Crippen LogP contribution in [0.15, 0.2) is 18.2 Å². The number of nitrogens with one attached hydrogen (secondary N) is 2. The number of benzene rings is 1. The second-order valence-electron chi connectivity index (χ2n) is 5.74. The predicted molar refractivity (Wildman–Crippen MR) is 91.5 cm³/mol. The highest BCUT2D eigenvalue weighted by Gasteiger charge is 2.11. The maximum atomic E-state index is 12.1. The Morgan fingerprint density at radius 1 is 1.17 bits per heavy atom. The molecule has 6 nitrogen and oxygen atoms in total. The topological polar surface area (TPSA) is 70.7 Å². The number of hydrogen-bond acceptors (Lipinski definition) is 4. The standard InChI is InChI=1S/C17H27N3O3/c1-13-6-7-14(2)15(10-13)19-17(22)12-20(3)11-16(21)18-8-5-9-23-4/h6-7,10H,5,8-9,11-12H2,1-4H3,(H,18,21)(H,19,22). The molecule has 1 rings (SSSR count). The molecule has 0 heterocycles. The predicted octanol–water partition coefficient (Wildman–Crippen LogP) is 1.33. The molecule has 2 N–H and O–H groups in total. The molecule has 1 aromatic rings. The fourth-order valence-corrected chi connectivity index (χ4v) is 2.11. The van der Waals surface area contributed by atoms with Gasteiger partial charge in [0.1, 0.15) is 0 Å². The van der Waals surface area contributed by atoms with Crippen molar-refractivity contribution in [3.05, 3.63) is 29.3 Å². The van der Waals surface area contributed by atoms with Gasteiger partial charge in [0.05, 0.1) is 13.1 Å². The zero-order valence-electron chi connectivity index (χ0n) is 14.4. The van der Waals surface area contributed by atoms with Crippen molar-refractivity contribution in [1.82, 2.24) is 10.2 Å². The van der Waals surface area contributed by atoms with Crippen LogP contribution in [0.3, 0.4) is 0 Å². The number of amides is 2. The number of anilines is 1. The molecular formula is C17H27N3O3. The van der Waals surface area contributed by atoms with Crippen molar-refractivity contribution in [2.75, 3.05) is 45.7 Å². The molecule has 0 spiro atoms. The van der Waals surface area contributed by atoms with Gasteiger partial charge < -0.3 is 15.4 Å². The van der Waals surface area contributed by atoms with Crippen molar-refractivity contribution >= 4 is 17.5 Å². The van der Waals surface area contributed by atoms with E-state index in [1.807, 2.05) is 32.0 Å². The third kappa shape index (κ3) is 7.76. The van der Waals surface area contributed by atoms with Crippen LogP contribution in [0, 0.1) is 13.8 Å². The molecule has 0 unspecified atom stereocenters. The number of aryl methyl sites for hydroxylation is 2. The highest BCUT2D eigenvalue weighted by molar-refractivity contribution is 5.93. The molecule has 6 heteroatoms. The third-order valence-electron chi connectivity index (χ3n) is 3.34. The van der Waals surface area contributed by atoms with Crippen LogP contribution in [0.1, 0.15) is 17.5 Å². The molecule has 0 fully saturated rings. The van der Waals surface area contributed by atoms with Gasteiger partial charge in [-0.15, -0.1) is 0 Å². The van der Waals surface area contributed by atoms with Crippen LogP contribution in [0.5, 0.6) is 0 Å². The summed E-state index contributed by atoms with van der Waals surface area (Å²) < 4.78 is 4.92. The smallest absolute Gasteiger partial charge is 0.238 e. The average molecular weight is 321 g/mol. The average Bonchev–Trinajstić information content (AvgIpc) is 2.47. The Hall–Kier alpha value is -1.92. The normalized spacial score (nSPS) is 10.7. The zero-order chi connectivity index (χ0) is 17.2. The summed E-state index contributed by atoms with van der Waals surface area (Å²) in [4.78, 5) is 25.5. The molecule has 0 atom stereocenters. The van der Waals surface area contributed by atoms with Gasteiger partial charge in [-0.1, -0.05) is 12.1 Å². The maximum absolute atomic E-state index is 12.1. The Morgan fingerprint density at radius 3 is 2.57 bits per heavy atom. The number of carbonyl (C=O) groups is 2. The lowest BCUT2D eigenvalue weighted by molar-refractivity contribution is -0.123. The second-order valence-corrected chi connectivity index (χ2v) is 5.74. The Bertz CT molecular complexity index is 532. The highest BCUT2D eigenvalue weighted by atomic mass is 16.5. The van der Waals surface area contributed by atoms with Crippen LogP contribution in [-0.2, 0) is 14.3 Å². The summed E-state index contributed by atoms with van der Waals surface area (Å²) in [6.07, 6.45) is 0.777. The van der Waals surface area contributed by atoms with Gasteiger partial charge in [-0.2, -0.15) is 0 Å². The molecule has 0 aromatic heterocycles. The van der Waals surface area contributed by atoms with Gasteiger partial charge >= 0.3 is 0 Å². The number of methoxy groups -OCH3 is 1. The van der Waals surface area contributed by atoms with Gasteiger partial charge in [-0.05, 0) is 44.5 Å². The molecule has 0 saturated heterocycles. The first-order valence-corrected chi connectivity index (χ1v) is 7.73. The van der Waals surface area contributed by atoms with Crippen LogP contribution in [0.25, 0.3) is 0 Å². The van der Waals surface area contributed by atoms with E-state index in [0.717, 1.165) is 23.2 Å². The first-order chi connectivity index (χ1) is 10.9. The lowest BCUT2D eigenvalue weighted by Gasteiger charge is -2.16. The first kappa shape index (κ1) is 19.1. The summed E-state index contributed by atoms with van der Waals surface area (Å²) in [5, 5.41) is 5.68. The zero-order valence-corrected chi connectivity index (χ0v) is 14.4. The Morgan fingerprint density at radius 2 is 1.87 bits per heavy atom. The lowest BCUT2D eigenvalue weighted by atomic mass is 10.1. The molecule has 1 aromatic carbocycles. The SMILES string of the molecule is COCCCNC(=O)CN(C)CC(=O)Nc1cc(C)ccc1C. The van der Waals surface area contributed by atoms with Crippen molar-refractivity contribution < 1.29 is 14.3 Å². The Balaban J connectivity index is 2.35. The molecular weight excluding hydrogens is 294 g/mol. The van der Waals surface area contributed by atoms with E-state index >= 15 is 0 Å². The number of carbonyl (C=O) groups excluding carboxylic acids is 2. The molecule has 2 amide bonds. The summed E-state index contributed by atoms with van der Waals surface area (Å²) in [7, 11) is 3.38. The quantitative estimate of drug-likeness (QED) is 0.673. The van der Waals surface area contributed by atoms with Crippen molar-refractivity contribution in [3.8, 4) is 0 Å². The fourth-order valence-electron chi connectivity index (χ4n) is 2.11. The molecule has 0 bridgehead atoms. The van der Waals surface area contributed by atoms with E-state index in [-0.39, 0.29) is 24.9 Å². The summed E-state index contributed by atoms with van der Waals surface area (Å²) in [6.45, 7) is 5.48. The van der Waals surface area contributed by atoms with E-state index < -0.39 is 0 Å². The second kappa shape index (κ2) is 9.97. The van der Waals surface area contributed by atoms with E-state index in [1.54, 1.807) is 19.1 Å².